The van der Waals surface area contributed by atoms with Crippen LogP contribution in [-0.4, -0.2) is 20.2 Å². The van der Waals surface area contributed by atoms with Gasteiger partial charge >= 0.3 is 0 Å². The first-order chi connectivity index (χ1) is 8.93. The van der Waals surface area contributed by atoms with Gasteiger partial charge in [0.25, 0.3) is 0 Å². The van der Waals surface area contributed by atoms with Crippen molar-refractivity contribution < 1.29 is 0 Å². The molecule has 2 heterocycles. The number of nitrogens with zero attached hydrogens (tertiary/aromatic N) is 2. The Labute approximate surface area is 104 Å². The maximum Gasteiger partial charge on any atom is 0.157 e. The van der Waals surface area contributed by atoms with Gasteiger partial charge < -0.3 is 4.98 Å². The molecule has 0 spiro atoms. The summed E-state index contributed by atoms with van der Waals surface area (Å²) < 4.78 is 0. The molecule has 3 aromatic rings. The van der Waals surface area contributed by atoms with Crippen LogP contribution in [0.1, 0.15) is 24.1 Å². The van der Waals surface area contributed by atoms with Crippen molar-refractivity contribution in [3.63, 3.8) is 0 Å². The van der Waals surface area contributed by atoms with Gasteiger partial charge in [-0.05, 0) is 37.3 Å². The molecule has 90 valence electrons. The molecular weight excluding hydrogens is 224 g/mol. The Hall–Kier alpha value is -2.10. The summed E-state index contributed by atoms with van der Waals surface area (Å²) >= 11 is 0. The van der Waals surface area contributed by atoms with E-state index in [4.69, 9.17) is 0 Å². The van der Waals surface area contributed by atoms with Gasteiger partial charge in [-0.1, -0.05) is 12.1 Å². The molecule has 4 rings (SSSR count). The van der Waals surface area contributed by atoms with E-state index in [1.54, 1.807) is 6.33 Å². The highest BCUT2D eigenvalue weighted by Crippen LogP contribution is 2.33. The molecular formula is C14H14N4. The lowest BCUT2D eigenvalue weighted by Gasteiger charge is -2.10. The van der Waals surface area contributed by atoms with Crippen molar-refractivity contribution in [1.29, 1.82) is 0 Å². The van der Waals surface area contributed by atoms with Crippen LogP contribution in [0.2, 0.25) is 0 Å². The van der Waals surface area contributed by atoms with E-state index in [1.807, 2.05) is 0 Å². The largest absolute Gasteiger partial charge is 0.358 e. The number of para-hydroxylation sites is 1. The predicted octanol–water partition coefficient (Wildman–Crippen LogP) is 2.83. The van der Waals surface area contributed by atoms with Crippen LogP contribution in [-0.2, 0) is 12.8 Å². The number of aromatic amines is 2. The number of aryl methyl sites for hydroxylation is 2. The second-order valence-electron chi connectivity index (χ2n) is 4.85. The summed E-state index contributed by atoms with van der Waals surface area (Å²) in [5.74, 6) is 0.833. The summed E-state index contributed by atoms with van der Waals surface area (Å²) in [7, 11) is 0. The second-order valence-corrected chi connectivity index (χ2v) is 4.85. The summed E-state index contributed by atoms with van der Waals surface area (Å²) in [6.45, 7) is 0. The van der Waals surface area contributed by atoms with Crippen LogP contribution in [0.4, 0.5) is 0 Å². The fourth-order valence-corrected chi connectivity index (χ4v) is 2.96. The first-order valence-corrected chi connectivity index (χ1v) is 6.41. The number of aromatic nitrogens is 4. The molecule has 1 aromatic carbocycles. The molecule has 2 aromatic heterocycles. The zero-order valence-electron chi connectivity index (χ0n) is 10.0. The molecule has 0 atom stereocenters. The number of benzene rings is 1. The van der Waals surface area contributed by atoms with E-state index in [-0.39, 0.29) is 0 Å². The van der Waals surface area contributed by atoms with Gasteiger partial charge in [0.05, 0.1) is 5.52 Å². The fourth-order valence-electron chi connectivity index (χ4n) is 2.96. The number of H-pyrrole nitrogens is 2. The van der Waals surface area contributed by atoms with Crippen LogP contribution in [0.25, 0.3) is 22.3 Å². The molecule has 0 amide bonds. The lowest BCUT2D eigenvalue weighted by Crippen LogP contribution is -1.99. The first-order valence-electron chi connectivity index (χ1n) is 6.41. The fraction of sp³-hybridized carbons (Fsp3) is 0.286. The third-order valence-electron chi connectivity index (χ3n) is 3.80. The van der Waals surface area contributed by atoms with Gasteiger partial charge in [-0.3, -0.25) is 5.10 Å². The maximum absolute atomic E-state index is 4.26. The van der Waals surface area contributed by atoms with E-state index < -0.39 is 0 Å². The van der Waals surface area contributed by atoms with E-state index in [2.05, 4.69) is 38.4 Å². The summed E-state index contributed by atoms with van der Waals surface area (Å²) in [6, 6.07) is 6.39. The standard InChI is InChI=1S/C14H14N4/c1-2-7-12-9(4-1)10-5-3-6-11(13(10)17-12)14-15-8-16-18-14/h3,5-6,8,17H,1-2,4,7H2,(H,15,16,18). The van der Waals surface area contributed by atoms with Gasteiger partial charge in [0.15, 0.2) is 5.82 Å². The maximum atomic E-state index is 4.26. The smallest absolute Gasteiger partial charge is 0.157 e. The molecule has 0 saturated heterocycles. The van der Waals surface area contributed by atoms with E-state index in [1.165, 1.54) is 47.8 Å². The van der Waals surface area contributed by atoms with Crippen molar-refractivity contribution in [3.8, 4) is 11.4 Å². The number of nitrogens with one attached hydrogen (secondary N) is 2. The zero-order chi connectivity index (χ0) is 11.9. The topological polar surface area (TPSA) is 57.4 Å². The zero-order valence-corrected chi connectivity index (χ0v) is 10.0. The molecule has 4 heteroatoms. The minimum atomic E-state index is 0.833. The van der Waals surface area contributed by atoms with Gasteiger partial charge in [-0.2, -0.15) is 5.10 Å². The van der Waals surface area contributed by atoms with Gasteiger partial charge in [-0.25, -0.2) is 4.98 Å². The molecule has 1 aliphatic rings. The van der Waals surface area contributed by atoms with Gasteiger partial charge in [0, 0.05) is 16.6 Å². The molecule has 0 radical (unpaired) electrons. The normalized spacial score (nSPS) is 14.9. The minimum Gasteiger partial charge on any atom is -0.358 e. The number of rotatable bonds is 1. The predicted molar refractivity (Wildman–Crippen MR) is 70.3 cm³/mol. The molecule has 0 unspecified atom stereocenters. The highest BCUT2D eigenvalue weighted by Gasteiger charge is 2.17. The van der Waals surface area contributed by atoms with E-state index in [9.17, 15) is 0 Å². The molecule has 0 fully saturated rings. The highest BCUT2D eigenvalue weighted by atomic mass is 15.2. The molecule has 18 heavy (non-hydrogen) atoms. The second kappa shape index (κ2) is 3.70. The molecule has 0 bridgehead atoms. The van der Waals surface area contributed by atoms with Gasteiger partial charge in [0.1, 0.15) is 6.33 Å². The molecule has 0 aliphatic heterocycles. The van der Waals surface area contributed by atoms with Crippen LogP contribution in [0.5, 0.6) is 0 Å². The van der Waals surface area contributed by atoms with E-state index >= 15 is 0 Å². The summed E-state index contributed by atoms with van der Waals surface area (Å²) in [6.07, 6.45) is 6.50. The van der Waals surface area contributed by atoms with Crippen molar-refractivity contribution in [2.24, 2.45) is 0 Å². The Balaban J connectivity index is 2.02. The Morgan fingerprint density at radius 3 is 2.94 bits per heavy atom. The monoisotopic (exact) mass is 238 g/mol. The SMILES string of the molecule is c1cc(-c2ncn[nH]2)c2[nH]c3c(c2c1)CCCC3. The average molecular weight is 238 g/mol. The van der Waals surface area contributed by atoms with E-state index in [0.29, 0.717) is 0 Å². The van der Waals surface area contributed by atoms with Crippen molar-refractivity contribution in [2.75, 3.05) is 0 Å². The Morgan fingerprint density at radius 2 is 2.06 bits per heavy atom. The van der Waals surface area contributed by atoms with E-state index in [0.717, 1.165) is 11.4 Å². The van der Waals surface area contributed by atoms with Crippen LogP contribution < -0.4 is 0 Å². The Kier molecular flexibility index (Phi) is 2.03. The number of fused-ring (bicyclic) bond motifs is 3. The van der Waals surface area contributed by atoms with Crippen molar-refractivity contribution >= 4 is 10.9 Å². The third kappa shape index (κ3) is 1.32. The summed E-state index contributed by atoms with van der Waals surface area (Å²) in [4.78, 5) is 7.84. The molecule has 4 nitrogen and oxygen atoms in total. The number of hydrogen-bond donors (Lipinski definition) is 2. The summed E-state index contributed by atoms with van der Waals surface area (Å²) in [5.41, 5.74) is 5.21. The average Bonchev–Trinajstić information content (AvgIpc) is 3.05. The molecule has 0 saturated carbocycles. The van der Waals surface area contributed by atoms with Crippen LogP contribution >= 0.6 is 0 Å². The highest BCUT2D eigenvalue weighted by molar-refractivity contribution is 5.95. The quantitative estimate of drug-likeness (QED) is 0.685. The van der Waals surface area contributed by atoms with Crippen LogP contribution in [0, 0.1) is 0 Å². The van der Waals surface area contributed by atoms with Crippen molar-refractivity contribution in [1.82, 2.24) is 20.2 Å². The first kappa shape index (κ1) is 9.88. The molecule has 2 N–H and O–H groups in total. The minimum absolute atomic E-state index is 0.833. The third-order valence-corrected chi connectivity index (χ3v) is 3.80. The Morgan fingerprint density at radius 1 is 1.11 bits per heavy atom. The van der Waals surface area contributed by atoms with Crippen molar-refractivity contribution in [2.45, 2.75) is 25.7 Å². The summed E-state index contributed by atoms with van der Waals surface area (Å²) in [5, 5.41) is 8.23. The van der Waals surface area contributed by atoms with Crippen LogP contribution in [0.15, 0.2) is 24.5 Å². The lowest BCUT2D eigenvalue weighted by molar-refractivity contribution is 0.680. The van der Waals surface area contributed by atoms with Crippen molar-refractivity contribution in [3.05, 3.63) is 35.8 Å². The number of hydrogen-bond acceptors (Lipinski definition) is 2. The molecule has 1 aliphatic carbocycles. The van der Waals surface area contributed by atoms with Gasteiger partial charge in [-0.15, -0.1) is 0 Å². The Bertz CT molecular complexity index is 694. The lowest BCUT2D eigenvalue weighted by atomic mass is 9.95. The van der Waals surface area contributed by atoms with Crippen LogP contribution in [0.3, 0.4) is 0 Å². The van der Waals surface area contributed by atoms with Gasteiger partial charge in [0.2, 0.25) is 0 Å².